The van der Waals surface area contributed by atoms with Crippen molar-refractivity contribution in [1.82, 2.24) is 19.7 Å². The van der Waals surface area contributed by atoms with Gasteiger partial charge in [-0.1, -0.05) is 6.92 Å². The van der Waals surface area contributed by atoms with E-state index in [4.69, 9.17) is 4.42 Å². The van der Waals surface area contributed by atoms with Gasteiger partial charge in [-0.3, -0.25) is 9.78 Å². The molecule has 6 heteroatoms. The topological polar surface area (TPSA) is 64.2 Å². The molecule has 4 rings (SSSR count). The first-order valence-corrected chi connectivity index (χ1v) is 8.53. The quantitative estimate of drug-likeness (QED) is 0.734. The highest BCUT2D eigenvalue weighted by Crippen LogP contribution is 2.35. The molecule has 3 aromatic rings. The number of nitrogens with zero attached hydrogens (tertiary/aromatic N) is 4. The molecule has 0 saturated carbocycles. The molecule has 1 fully saturated rings. The molecule has 1 aliphatic rings. The number of amides is 1. The summed E-state index contributed by atoms with van der Waals surface area (Å²) in [5, 5.41) is 4.21. The molecule has 0 radical (unpaired) electrons. The van der Waals surface area contributed by atoms with Gasteiger partial charge >= 0.3 is 0 Å². The van der Waals surface area contributed by atoms with Gasteiger partial charge in [0.2, 0.25) is 0 Å². The molecule has 1 saturated heterocycles. The summed E-state index contributed by atoms with van der Waals surface area (Å²) in [5.41, 5.74) is 1.25. The fourth-order valence-corrected chi connectivity index (χ4v) is 3.38. The number of likely N-dealkylation sites (tertiary alicyclic amines) is 1. The monoisotopic (exact) mass is 336 g/mol. The lowest BCUT2D eigenvalue weighted by Gasteiger charge is -2.37. The molecule has 3 aromatic heterocycles. The van der Waals surface area contributed by atoms with Gasteiger partial charge in [-0.15, -0.1) is 0 Å². The van der Waals surface area contributed by atoms with Gasteiger partial charge in [0.25, 0.3) is 5.91 Å². The Morgan fingerprint density at radius 1 is 1.28 bits per heavy atom. The number of carbonyl (C=O) groups is 1. The Morgan fingerprint density at radius 2 is 2.20 bits per heavy atom. The molecule has 1 amide bonds. The van der Waals surface area contributed by atoms with Crippen LogP contribution in [0.3, 0.4) is 0 Å². The molecule has 128 valence electrons. The standard InChI is InChI=1S/C19H20N4O2/c1-14-6-10-22(17(12-14)18-4-2-11-25-18)19(24)16-13-15(5-8-20-16)23-9-3-7-21-23/h2-5,7-9,11,13-14,17H,6,10,12H2,1H3/t14-,17+/m1/s1. The van der Waals surface area contributed by atoms with E-state index in [-0.39, 0.29) is 11.9 Å². The lowest BCUT2D eigenvalue weighted by Crippen LogP contribution is -2.40. The molecule has 0 N–H and O–H groups in total. The lowest BCUT2D eigenvalue weighted by atomic mass is 9.91. The van der Waals surface area contributed by atoms with Crippen LogP contribution in [0.15, 0.2) is 59.6 Å². The number of pyridine rings is 1. The first-order chi connectivity index (χ1) is 12.2. The van der Waals surface area contributed by atoms with Gasteiger partial charge in [-0.2, -0.15) is 5.10 Å². The molecule has 25 heavy (non-hydrogen) atoms. The van der Waals surface area contributed by atoms with Crippen LogP contribution in [0.25, 0.3) is 5.69 Å². The molecule has 0 aliphatic carbocycles. The molecular weight excluding hydrogens is 316 g/mol. The van der Waals surface area contributed by atoms with Crippen molar-refractivity contribution in [2.75, 3.05) is 6.54 Å². The molecule has 0 unspecified atom stereocenters. The minimum absolute atomic E-state index is 0.0404. The third kappa shape index (κ3) is 3.07. The fraction of sp³-hybridized carbons (Fsp3) is 0.316. The van der Waals surface area contributed by atoms with E-state index in [1.807, 2.05) is 35.4 Å². The van der Waals surface area contributed by atoms with Gasteiger partial charge in [0.15, 0.2) is 0 Å². The van der Waals surface area contributed by atoms with Gasteiger partial charge in [-0.05, 0) is 49.1 Å². The zero-order valence-electron chi connectivity index (χ0n) is 14.1. The average molecular weight is 336 g/mol. The fourth-order valence-electron chi connectivity index (χ4n) is 3.38. The molecule has 0 spiro atoms. The van der Waals surface area contributed by atoms with Crippen molar-refractivity contribution in [3.63, 3.8) is 0 Å². The van der Waals surface area contributed by atoms with Crippen molar-refractivity contribution in [3.8, 4) is 5.69 Å². The smallest absolute Gasteiger partial charge is 0.273 e. The number of carbonyl (C=O) groups excluding carboxylic acids is 1. The van der Waals surface area contributed by atoms with Crippen LogP contribution in [-0.2, 0) is 0 Å². The molecule has 4 heterocycles. The van der Waals surface area contributed by atoms with Crippen molar-refractivity contribution >= 4 is 5.91 Å². The molecule has 6 nitrogen and oxygen atoms in total. The van der Waals surface area contributed by atoms with Gasteiger partial charge in [-0.25, -0.2) is 4.68 Å². The summed E-state index contributed by atoms with van der Waals surface area (Å²) in [4.78, 5) is 19.3. The van der Waals surface area contributed by atoms with Crippen molar-refractivity contribution in [2.45, 2.75) is 25.8 Å². The van der Waals surface area contributed by atoms with Crippen LogP contribution in [0.2, 0.25) is 0 Å². The third-order valence-electron chi connectivity index (χ3n) is 4.73. The molecular formula is C19H20N4O2. The Bertz CT molecular complexity index is 842. The summed E-state index contributed by atoms with van der Waals surface area (Å²) in [6.07, 6.45) is 8.76. The van der Waals surface area contributed by atoms with E-state index in [0.29, 0.717) is 18.2 Å². The Labute approximate surface area is 146 Å². The Kier molecular flexibility index (Phi) is 4.09. The first kappa shape index (κ1) is 15.6. The third-order valence-corrected chi connectivity index (χ3v) is 4.73. The zero-order chi connectivity index (χ0) is 17.2. The van der Waals surface area contributed by atoms with Crippen molar-refractivity contribution < 1.29 is 9.21 Å². The minimum atomic E-state index is -0.0673. The SMILES string of the molecule is C[C@@H]1CCN(C(=O)c2cc(-n3cccn3)ccn2)[C@H](c2ccco2)C1. The Morgan fingerprint density at radius 3 is 2.96 bits per heavy atom. The second-order valence-corrected chi connectivity index (χ2v) is 6.51. The molecule has 1 aliphatic heterocycles. The Balaban J connectivity index is 1.64. The van der Waals surface area contributed by atoms with Crippen LogP contribution in [-0.4, -0.2) is 32.1 Å². The highest BCUT2D eigenvalue weighted by atomic mass is 16.3. The van der Waals surface area contributed by atoms with E-state index >= 15 is 0 Å². The summed E-state index contributed by atoms with van der Waals surface area (Å²) in [6, 6.07) is 9.24. The first-order valence-electron chi connectivity index (χ1n) is 8.53. The number of aromatic nitrogens is 3. The lowest BCUT2D eigenvalue weighted by molar-refractivity contribution is 0.0515. The number of furan rings is 1. The second-order valence-electron chi connectivity index (χ2n) is 6.51. The predicted octanol–water partition coefficient (Wildman–Crippen LogP) is 3.47. The van der Waals surface area contributed by atoms with Crippen molar-refractivity contribution in [1.29, 1.82) is 0 Å². The van der Waals surface area contributed by atoms with Crippen LogP contribution >= 0.6 is 0 Å². The van der Waals surface area contributed by atoms with E-state index in [0.717, 1.165) is 24.3 Å². The van der Waals surface area contributed by atoms with Crippen LogP contribution < -0.4 is 0 Å². The van der Waals surface area contributed by atoms with Gasteiger partial charge < -0.3 is 9.32 Å². The van der Waals surface area contributed by atoms with E-state index in [2.05, 4.69) is 17.0 Å². The molecule has 0 bridgehead atoms. The summed E-state index contributed by atoms with van der Waals surface area (Å²) < 4.78 is 7.31. The highest BCUT2D eigenvalue weighted by molar-refractivity contribution is 5.93. The number of hydrogen-bond acceptors (Lipinski definition) is 4. The minimum Gasteiger partial charge on any atom is -0.467 e. The van der Waals surface area contributed by atoms with E-state index in [1.165, 1.54) is 0 Å². The van der Waals surface area contributed by atoms with Crippen LogP contribution in [0, 0.1) is 5.92 Å². The molecule has 2 atom stereocenters. The summed E-state index contributed by atoms with van der Waals surface area (Å²) >= 11 is 0. The maximum atomic E-state index is 13.1. The van der Waals surface area contributed by atoms with Crippen LogP contribution in [0.1, 0.15) is 42.1 Å². The maximum Gasteiger partial charge on any atom is 0.273 e. The van der Waals surface area contributed by atoms with Gasteiger partial charge in [0.05, 0.1) is 18.0 Å². The van der Waals surface area contributed by atoms with Crippen molar-refractivity contribution in [2.24, 2.45) is 5.92 Å². The zero-order valence-corrected chi connectivity index (χ0v) is 14.1. The van der Waals surface area contributed by atoms with Crippen molar-refractivity contribution in [3.05, 3.63) is 66.6 Å². The second kappa shape index (κ2) is 6.55. The summed E-state index contributed by atoms with van der Waals surface area (Å²) in [5.74, 6) is 1.33. The predicted molar refractivity (Wildman–Crippen MR) is 92.2 cm³/mol. The summed E-state index contributed by atoms with van der Waals surface area (Å²) in [7, 11) is 0. The largest absolute Gasteiger partial charge is 0.467 e. The van der Waals surface area contributed by atoms with Gasteiger partial charge in [0, 0.05) is 25.1 Å². The maximum absolute atomic E-state index is 13.1. The van der Waals surface area contributed by atoms with Gasteiger partial charge in [0.1, 0.15) is 11.5 Å². The van der Waals surface area contributed by atoms with E-state index in [9.17, 15) is 4.79 Å². The Hall–Kier alpha value is -2.89. The van der Waals surface area contributed by atoms with E-state index < -0.39 is 0 Å². The number of hydrogen-bond donors (Lipinski definition) is 0. The van der Waals surface area contributed by atoms with Crippen LogP contribution in [0.4, 0.5) is 0 Å². The van der Waals surface area contributed by atoms with Crippen LogP contribution in [0.5, 0.6) is 0 Å². The highest BCUT2D eigenvalue weighted by Gasteiger charge is 2.33. The molecule has 0 aromatic carbocycles. The normalized spacial score (nSPS) is 20.6. The average Bonchev–Trinajstić information content (AvgIpc) is 3.35. The summed E-state index contributed by atoms with van der Waals surface area (Å²) in [6.45, 7) is 2.92. The number of rotatable bonds is 3. The number of piperidine rings is 1. The van der Waals surface area contributed by atoms with E-state index in [1.54, 1.807) is 29.4 Å².